The molecule has 1 unspecified atom stereocenters. The standard InChI is InChI=1S/C20H32N4O4S/c1-4-5-6-9-21-20(27)16-7-10-24(11-8-16)18(25)13-29-15(3)19(26)22-17-12-14(2)28-23-17/h12,15-16H,4-11,13H2,1-3H3,(H,21,27)(H,22,23,26). The van der Waals surface area contributed by atoms with E-state index in [0.29, 0.717) is 37.5 Å². The molecule has 0 radical (unpaired) electrons. The van der Waals surface area contributed by atoms with Gasteiger partial charge >= 0.3 is 0 Å². The maximum Gasteiger partial charge on any atom is 0.238 e. The summed E-state index contributed by atoms with van der Waals surface area (Å²) in [5, 5.41) is 9.02. The van der Waals surface area contributed by atoms with Crippen molar-refractivity contribution in [1.29, 1.82) is 0 Å². The summed E-state index contributed by atoms with van der Waals surface area (Å²) in [6.07, 6.45) is 4.65. The van der Waals surface area contributed by atoms with E-state index in [9.17, 15) is 14.4 Å². The van der Waals surface area contributed by atoms with Gasteiger partial charge in [0.25, 0.3) is 0 Å². The number of carbonyl (C=O) groups is 3. The number of rotatable bonds is 10. The van der Waals surface area contributed by atoms with Crippen LogP contribution in [0.3, 0.4) is 0 Å². The van der Waals surface area contributed by atoms with Crippen molar-refractivity contribution in [2.24, 2.45) is 5.92 Å². The van der Waals surface area contributed by atoms with Gasteiger partial charge in [-0.25, -0.2) is 0 Å². The second-order valence-corrected chi connectivity index (χ2v) is 8.75. The average molecular weight is 425 g/mol. The van der Waals surface area contributed by atoms with Crippen LogP contribution in [0.2, 0.25) is 0 Å². The number of aryl methyl sites for hydroxylation is 1. The van der Waals surface area contributed by atoms with Gasteiger partial charge < -0.3 is 20.1 Å². The number of amides is 3. The van der Waals surface area contributed by atoms with Crippen molar-refractivity contribution in [2.45, 2.75) is 58.1 Å². The lowest BCUT2D eigenvalue weighted by atomic mass is 9.96. The zero-order chi connectivity index (χ0) is 21.2. The molecular formula is C20H32N4O4S. The minimum absolute atomic E-state index is 0.00809. The minimum atomic E-state index is -0.387. The molecule has 29 heavy (non-hydrogen) atoms. The van der Waals surface area contributed by atoms with E-state index >= 15 is 0 Å². The summed E-state index contributed by atoms with van der Waals surface area (Å²) in [4.78, 5) is 38.6. The number of nitrogens with one attached hydrogen (secondary N) is 2. The molecule has 0 aliphatic carbocycles. The van der Waals surface area contributed by atoms with Crippen molar-refractivity contribution in [1.82, 2.24) is 15.4 Å². The summed E-state index contributed by atoms with van der Waals surface area (Å²) in [6, 6.07) is 1.64. The molecule has 0 spiro atoms. The Morgan fingerprint density at radius 2 is 2.03 bits per heavy atom. The molecule has 1 fully saturated rings. The van der Waals surface area contributed by atoms with Crippen molar-refractivity contribution >= 4 is 35.3 Å². The fraction of sp³-hybridized carbons (Fsp3) is 0.700. The Morgan fingerprint density at radius 3 is 2.66 bits per heavy atom. The molecule has 3 amide bonds. The third-order valence-electron chi connectivity index (χ3n) is 5.00. The van der Waals surface area contributed by atoms with Crippen LogP contribution in [0.25, 0.3) is 0 Å². The highest BCUT2D eigenvalue weighted by Crippen LogP contribution is 2.20. The van der Waals surface area contributed by atoms with Crippen LogP contribution < -0.4 is 10.6 Å². The summed E-state index contributed by atoms with van der Waals surface area (Å²) in [5.74, 6) is 1.12. The first-order valence-corrected chi connectivity index (χ1v) is 11.4. The molecule has 0 bridgehead atoms. The van der Waals surface area contributed by atoms with Gasteiger partial charge in [-0.1, -0.05) is 24.9 Å². The van der Waals surface area contributed by atoms with E-state index in [4.69, 9.17) is 4.52 Å². The second-order valence-electron chi connectivity index (χ2n) is 7.42. The van der Waals surface area contributed by atoms with E-state index in [1.807, 2.05) is 0 Å². The molecule has 2 rings (SSSR count). The van der Waals surface area contributed by atoms with Gasteiger partial charge in [-0.2, -0.15) is 0 Å². The smallest absolute Gasteiger partial charge is 0.238 e. The number of carbonyl (C=O) groups excluding carboxylic acids is 3. The van der Waals surface area contributed by atoms with E-state index in [2.05, 4.69) is 22.7 Å². The number of likely N-dealkylation sites (tertiary alicyclic amines) is 1. The molecule has 1 aliphatic heterocycles. The number of aromatic nitrogens is 1. The van der Waals surface area contributed by atoms with Crippen molar-refractivity contribution in [3.63, 3.8) is 0 Å². The first-order valence-electron chi connectivity index (χ1n) is 10.3. The minimum Gasteiger partial charge on any atom is -0.360 e. The molecule has 0 saturated carbocycles. The summed E-state index contributed by atoms with van der Waals surface area (Å²) < 4.78 is 4.92. The molecule has 1 saturated heterocycles. The quantitative estimate of drug-likeness (QED) is 0.560. The van der Waals surface area contributed by atoms with Crippen LogP contribution in [0, 0.1) is 12.8 Å². The van der Waals surface area contributed by atoms with Gasteiger partial charge in [-0.3, -0.25) is 14.4 Å². The number of hydrogen-bond acceptors (Lipinski definition) is 6. The number of hydrogen-bond donors (Lipinski definition) is 2. The van der Waals surface area contributed by atoms with E-state index < -0.39 is 0 Å². The van der Waals surface area contributed by atoms with Crippen molar-refractivity contribution in [3.8, 4) is 0 Å². The van der Waals surface area contributed by atoms with E-state index in [-0.39, 0.29) is 34.6 Å². The number of piperidine rings is 1. The molecule has 0 aromatic carbocycles. The molecule has 8 nitrogen and oxygen atoms in total. The molecule has 1 aliphatic rings. The zero-order valence-electron chi connectivity index (χ0n) is 17.5. The fourth-order valence-corrected chi connectivity index (χ4v) is 3.92. The van der Waals surface area contributed by atoms with Crippen molar-refractivity contribution in [3.05, 3.63) is 11.8 Å². The van der Waals surface area contributed by atoms with Crippen molar-refractivity contribution in [2.75, 3.05) is 30.7 Å². The molecule has 1 atom stereocenters. The number of thioether (sulfide) groups is 1. The van der Waals surface area contributed by atoms with Crippen molar-refractivity contribution < 1.29 is 18.9 Å². The molecular weight excluding hydrogens is 392 g/mol. The third kappa shape index (κ3) is 7.72. The van der Waals surface area contributed by atoms with Crippen LogP contribution in [0.15, 0.2) is 10.6 Å². The molecule has 1 aromatic rings. The highest BCUT2D eigenvalue weighted by molar-refractivity contribution is 8.01. The van der Waals surface area contributed by atoms with Crippen LogP contribution in [0.5, 0.6) is 0 Å². The monoisotopic (exact) mass is 424 g/mol. The summed E-state index contributed by atoms with van der Waals surface area (Å²) in [6.45, 7) is 7.55. The topological polar surface area (TPSA) is 105 Å². The largest absolute Gasteiger partial charge is 0.360 e. The highest BCUT2D eigenvalue weighted by Gasteiger charge is 2.27. The Labute approximate surface area is 176 Å². The number of unbranched alkanes of at least 4 members (excludes halogenated alkanes) is 2. The van der Waals surface area contributed by atoms with Crippen LogP contribution in [0.1, 0.15) is 51.7 Å². The number of anilines is 1. The van der Waals surface area contributed by atoms with Gasteiger partial charge in [-0.05, 0) is 33.1 Å². The lowest BCUT2D eigenvalue weighted by Gasteiger charge is -2.31. The van der Waals surface area contributed by atoms with Gasteiger partial charge in [0.15, 0.2) is 5.82 Å². The van der Waals surface area contributed by atoms with Gasteiger partial charge in [0.05, 0.1) is 11.0 Å². The van der Waals surface area contributed by atoms with E-state index in [1.54, 1.807) is 24.8 Å². The first kappa shape index (κ1) is 23.3. The normalized spacial score (nSPS) is 15.8. The van der Waals surface area contributed by atoms with E-state index in [0.717, 1.165) is 25.8 Å². The molecule has 9 heteroatoms. The Hall–Kier alpha value is -2.03. The van der Waals surface area contributed by atoms with Gasteiger partial charge in [0.2, 0.25) is 17.7 Å². The summed E-state index contributed by atoms with van der Waals surface area (Å²) in [5.41, 5.74) is 0. The Balaban J connectivity index is 1.65. The summed E-state index contributed by atoms with van der Waals surface area (Å²) >= 11 is 1.29. The molecule has 162 valence electrons. The third-order valence-corrected chi connectivity index (χ3v) is 6.13. The van der Waals surface area contributed by atoms with Gasteiger partial charge in [0.1, 0.15) is 5.76 Å². The van der Waals surface area contributed by atoms with Crippen LogP contribution in [-0.2, 0) is 14.4 Å². The molecule has 1 aromatic heterocycles. The first-order chi connectivity index (χ1) is 13.9. The predicted octanol–water partition coefficient (Wildman–Crippen LogP) is 2.59. The Kier molecular flexibility index (Phi) is 9.50. The average Bonchev–Trinajstić information content (AvgIpc) is 3.13. The highest BCUT2D eigenvalue weighted by atomic mass is 32.2. The lowest BCUT2D eigenvalue weighted by molar-refractivity contribution is -0.133. The van der Waals surface area contributed by atoms with Crippen LogP contribution >= 0.6 is 11.8 Å². The molecule has 2 heterocycles. The summed E-state index contributed by atoms with van der Waals surface area (Å²) in [7, 11) is 0. The fourth-order valence-electron chi connectivity index (χ4n) is 3.14. The second kappa shape index (κ2) is 11.8. The van der Waals surface area contributed by atoms with Gasteiger partial charge in [-0.15, -0.1) is 11.8 Å². The Bertz CT molecular complexity index is 686. The maximum absolute atomic E-state index is 12.5. The zero-order valence-corrected chi connectivity index (χ0v) is 18.3. The van der Waals surface area contributed by atoms with Crippen LogP contribution in [0.4, 0.5) is 5.82 Å². The number of nitrogens with zero attached hydrogens (tertiary/aromatic N) is 2. The van der Waals surface area contributed by atoms with Crippen LogP contribution in [-0.4, -0.2) is 58.4 Å². The SMILES string of the molecule is CCCCCNC(=O)C1CCN(C(=O)CSC(C)C(=O)Nc2cc(C)on2)CC1. The predicted molar refractivity (Wildman–Crippen MR) is 114 cm³/mol. The van der Waals surface area contributed by atoms with E-state index in [1.165, 1.54) is 11.8 Å². The Morgan fingerprint density at radius 1 is 1.31 bits per heavy atom. The molecule has 2 N–H and O–H groups in total. The maximum atomic E-state index is 12.5. The lowest BCUT2D eigenvalue weighted by Crippen LogP contribution is -2.44. The van der Waals surface area contributed by atoms with Gasteiger partial charge in [0, 0.05) is 31.6 Å².